The van der Waals surface area contributed by atoms with Crippen molar-refractivity contribution < 1.29 is 4.79 Å². The summed E-state index contributed by atoms with van der Waals surface area (Å²) in [4.78, 5) is 14.9. The van der Waals surface area contributed by atoms with Crippen LogP contribution in [-0.4, -0.2) is 33.0 Å². The highest BCUT2D eigenvalue weighted by atomic mass is 32.2. The molecule has 1 aromatic heterocycles. The molecule has 0 bridgehead atoms. The zero-order valence-electron chi connectivity index (χ0n) is 21.2. The Morgan fingerprint density at radius 2 is 1.80 bits per heavy atom. The Bertz CT molecular complexity index is 1210. The normalized spacial score (nSPS) is 11.2. The second-order valence-electron chi connectivity index (χ2n) is 9.62. The number of rotatable bonds is 9. The summed E-state index contributed by atoms with van der Waals surface area (Å²) < 4.78 is 1.98. The fourth-order valence-electron chi connectivity index (χ4n) is 3.89. The van der Waals surface area contributed by atoms with Crippen molar-refractivity contribution in [3.8, 4) is 17.5 Å². The molecule has 0 saturated carbocycles. The van der Waals surface area contributed by atoms with Crippen molar-refractivity contribution in [2.24, 2.45) is 0 Å². The Hall–Kier alpha value is -3.37. The van der Waals surface area contributed by atoms with E-state index in [1.54, 1.807) is 11.0 Å². The Balaban J connectivity index is 1.82. The second-order valence-corrected chi connectivity index (χ2v) is 10.6. The van der Waals surface area contributed by atoms with Crippen LogP contribution in [0.25, 0.3) is 11.4 Å². The van der Waals surface area contributed by atoms with Crippen molar-refractivity contribution in [2.75, 3.05) is 17.2 Å². The second kappa shape index (κ2) is 11.4. The van der Waals surface area contributed by atoms with Crippen molar-refractivity contribution in [3.63, 3.8) is 0 Å². The molecule has 1 heterocycles. The summed E-state index contributed by atoms with van der Waals surface area (Å²) in [6.45, 7) is 15.3. The summed E-state index contributed by atoms with van der Waals surface area (Å²) in [5.74, 6) is 0.867. The van der Waals surface area contributed by atoms with E-state index in [0.717, 1.165) is 28.2 Å². The first-order valence-electron chi connectivity index (χ1n) is 11.7. The number of carbonyl (C=O) groups is 1. The average Bonchev–Trinajstić information content (AvgIpc) is 3.19. The lowest BCUT2D eigenvalue weighted by atomic mass is 9.87. The van der Waals surface area contributed by atoms with Crippen LogP contribution >= 0.6 is 11.8 Å². The number of benzene rings is 2. The summed E-state index contributed by atoms with van der Waals surface area (Å²) >= 11 is 1.35. The summed E-state index contributed by atoms with van der Waals surface area (Å²) in [5.41, 5.74) is 5.26. The van der Waals surface area contributed by atoms with E-state index in [-0.39, 0.29) is 23.5 Å². The van der Waals surface area contributed by atoms with Crippen LogP contribution in [0.4, 0.5) is 5.69 Å². The zero-order valence-corrected chi connectivity index (χ0v) is 22.0. The topological polar surface area (TPSA) is 74.8 Å². The molecule has 0 radical (unpaired) electrons. The van der Waals surface area contributed by atoms with Crippen molar-refractivity contribution in [3.05, 3.63) is 71.8 Å². The highest BCUT2D eigenvalue weighted by molar-refractivity contribution is 7.99. The molecule has 1 amide bonds. The van der Waals surface area contributed by atoms with Crippen LogP contribution in [0.1, 0.15) is 43.9 Å². The van der Waals surface area contributed by atoms with Gasteiger partial charge >= 0.3 is 0 Å². The molecule has 0 unspecified atom stereocenters. The maximum atomic E-state index is 13.2. The summed E-state index contributed by atoms with van der Waals surface area (Å²) in [5, 5.41) is 18.6. The smallest absolute Gasteiger partial charge is 0.237 e. The minimum atomic E-state index is -0.0699. The Labute approximate surface area is 212 Å². The van der Waals surface area contributed by atoms with Crippen LogP contribution in [-0.2, 0) is 16.8 Å². The first-order valence-corrected chi connectivity index (χ1v) is 12.7. The number of aryl methyl sites for hydroxylation is 2. The SMILES string of the molecule is C=CCn1c(SCC(=O)N(CCC#N)c2cc(C)cc(C)c2)nnc1-c1ccc(C(C)(C)C)cc1. The highest BCUT2D eigenvalue weighted by Crippen LogP contribution is 2.28. The molecule has 0 aliphatic heterocycles. The lowest BCUT2D eigenvalue weighted by Crippen LogP contribution is -2.33. The predicted octanol–water partition coefficient (Wildman–Crippen LogP) is 6.08. The zero-order chi connectivity index (χ0) is 25.6. The van der Waals surface area contributed by atoms with Crippen molar-refractivity contribution in [1.29, 1.82) is 5.26 Å². The molecule has 3 aromatic rings. The Morgan fingerprint density at radius 1 is 1.14 bits per heavy atom. The van der Waals surface area contributed by atoms with Gasteiger partial charge in [-0.25, -0.2) is 0 Å². The van der Waals surface area contributed by atoms with Crippen LogP contribution < -0.4 is 4.90 Å². The van der Waals surface area contributed by atoms with Crippen LogP contribution in [0.3, 0.4) is 0 Å². The quantitative estimate of drug-likeness (QED) is 0.270. The minimum absolute atomic E-state index is 0.0699. The number of nitrogens with zero attached hydrogens (tertiary/aromatic N) is 5. The van der Waals surface area contributed by atoms with Gasteiger partial charge in [0, 0.05) is 24.3 Å². The molecule has 3 rings (SSSR count). The molecule has 2 aromatic carbocycles. The molecule has 0 aliphatic rings. The van der Waals surface area contributed by atoms with E-state index in [9.17, 15) is 4.79 Å². The van der Waals surface area contributed by atoms with E-state index in [1.165, 1.54) is 17.3 Å². The third kappa shape index (κ3) is 6.61. The van der Waals surface area contributed by atoms with Crippen LogP contribution in [0.2, 0.25) is 0 Å². The maximum absolute atomic E-state index is 13.2. The van der Waals surface area contributed by atoms with E-state index >= 15 is 0 Å². The predicted molar refractivity (Wildman–Crippen MR) is 144 cm³/mol. The first kappa shape index (κ1) is 26.2. The fourth-order valence-corrected chi connectivity index (χ4v) is 4.72. The molecule has 7 heteroatoms. The van der Waals surface area contributed by atoms with Gasteiger partial charge < -0.3 is 4.90 Å². The van der Waals surface area contributed by atoms with Gasteiger partial charge in [0.25, 0.3) is 0 Å². The monoisotopic (exact) mass is 487 g/mol. The van der Waals surface area contributed by atoms with E-state index < -0.39 is 0 Å². The van der Waals surface area contributed by atoms with Crippen molar-refractivity contribution >= 4 is 23.4 Å². The van der Waals surface area contributed by atoms with E-state index in [0.29, 0.717) is 18.2 Å². The van der Waals surface area contributed by atoms with Gasteiger partial charge in [-0.2, -0.15) is 5.26 Å². The Morgan fingerprint density at radius 3 is 2.37 bits per heavy atom. The standard InChI is InChI=1S/C28H33N5OS/c1-7-14-33-26(22-9-11-23(12-10-22)28(4,5)6)30-31-27(33)35-19-25(34)32(15-8-13-29)24-17-20(2)16-21(3)18-24/h7,9-12,16-18H,1,8,14-15,19H2,2-6H3. The molecule has 0 saturated heterocycles. The van der Waals surface area contributed by atoms with Gasteiger partial charge in [0.1, 0.15) is 0 Å². The van der Waals surface area contributed by atoms with Gasteiger partial charge in [-0.1, -0.05) is 68.9 Å². The summed E-state index contributed by atoms with van der Waals surface area (Å²) in [6, 6.07) is 16.5. The molecule has 0 atom stereocenters. The number of hydrogen-bond acceptors (Lipinski definition) is 5. The molecule has 0 spiro atoms. The van der Waals surface area contributed by atoms with E-state index in [1.807, 2.05) is 30.5 Å². The molecule has 35 heavy (non-hydrogen) atoms. The largest absolute Gasteiger partial charge is 0.311 e. The summed E-state index contributed by atoms with van der Waals surface area (Å²) in [6.07, 6.45) is 2.07. The van der Waals surface area contributed by atoms with Crippen LogP contribution in [0.15, 0.2) is 60.3 Å². The van der Waals surface area contributed by atoms with Crippen molar-refractivity contribution in [2.45, 2.75) is 58.2 Å². The summed E-state index contributed by atoms with van der Waals surface area (Å²) in [7, 11) is 0. The number of allylic oxidation sites excluding steroid dienone is 1. The van der Waals surface area contributed by atoms with E-state index in [4.69, 9.17) is 5.26 Å². The van der Waals surface area contributed by atoms with Gasteiger partial charge in [0.2, 0.25) is 5.91 Å². The lowest BCUT2D eigenvalue weighted by molar-refractivity contribution is -0.116. The fraction of sp³-hybridized carbons (Fsp3) is 0.357. The number of carbonyl (C=O) groups excluding carboxylic acids is 1. The molecule has 0 fully saturated rings. The Kier molecular flexibility index (Phi) is 8.52. The van der Waals surface area contributed by atoms with Gasteiger partial charge in [-0.05, 0) is 48.1 Å². The highest BCUT2D eigenvalue weighted by Gasteiger charge is 2.20. The number of nitriles is 1. The third-order valence-electron chi connectivity index (χ3n) is 5.63. The minimum Gasteiger partial charge on any atom is -0.311 e. The van der Waals surface area contributed by atoms with Crippen molar-refractivity contribution in [1.82, 2.24) is 14.8 Å². The lowest BCUT2D eigenvalue weighted by Gasteiger charge is -2.22. The number of hydrogen-bond donors (Lipinski definition) is 0. The molecule has 182 valence electrons. The molecule has 0 aliphatic carbocycles. The van der Waals surface area contributed by atoms with E-state index in [2.05, 4.69) is 73.9 Å². The van der Waals surface area contributed by atoms with Crippen LogP contribution in [0.5, 0.6) is 0 Å². The number of amides is 1. The third-order valence-corrected chi connectivity index (χ3v) is 6.58. The first-order chi connectivity index (χ1) is 16.6. The maximum Gasteiger partial charge on any atom is 0.237 e. The molecular weight excluding hydrogens is 454 g/mol. The molecular formula is C28H33N5OS. The number of anilines is 1. The van der Waals surface area contributed by atoms with Gasteiger partial charge in [-0.3, -0.25) is 9.36 Å². The van der Waals surface area contributed by atoms with Gasteiger partial charge in [0.15, 0.2) is 11.0 Å². The van der Waals surface area contributed by atoms with Crippen LogP contribution in [0, 0.1) is 25.2 Å². The number of aromatic nitrogens is 3. The van der Waals surface area contributed by atoms with Gasteiger partial charge in [-0.15, -0.1) is 16.8 Å². The molecule has 6 nitrogen and oxygen atoms in total. The average molecular weight is 488 g/mol. The number of thioether (sulfide) groups is 1. The van der Waals surface area contributed by atoms with Gasteiger partial charge in [0.05, 0.1) is 18.2 Å². The molecule has 0 N–H and O–H groups in total.